The maximum absolute atomic E-state index is 12.9. The molecule has 0 aliphatic rings. The maximum atomic E-state index is 12.9. The number of ether oxygens (including phenoxy) is 1. The Hall–Kier alpha value is -3.74. The van der Waals surface area contributed by atoms with Crippen molar-refractivity contribution in [1.82, 2.24) is 15.1 Å². The van der Waals surface area contributed by atoms with Gasteiger partial charge in [-0.2, -0.15) is 0 Å². The van der Waals surface area contributed by atoms with Crippen LogP contribution in [0.4, 0.5) is 10.2 Å². The second-order valence-corrected chi connectivity index (χ2v) is 6.23. The molecule has 3 heterocycles. The minimum Gasteiger partial charge on any atom is -0.487 e. The summed E-state index contributed by atoms with van der Waals surface area (Å²) in [7, 11) is 0. The molecule has 2 N–H and O–H groups in total. The number of nitrogen functional groups attached to an aromatic ring is 1. The van der Waals surface area contributed by atoms with Gasteiger partial charge in [0, 0.05) is 24.2 Å². The van der Waals surface area contributed by atoms with E-state index in [-0.39, 0.29) is 12.4 Å². The van der Waals surface area contributed by atoms with Crippen molar-refractivity contribution >= 4 is 5.82 Å². The highest BCUT2D eigenvalue weighted by Gasteiger charge is 2.08. The molecule has 3 aromatic heterocycles. The van der Waals surface area contributed by atoms with Crippen LogP contribution in [0, 0.1) is 5.82 Å². The smallest absolute Gasteiger partial charge is 0.168 e. The van der Waals surface area contributed by atoms with E-state index in [2.05, 4.69) is 15.1 Å². The van der Waals surface area contributed by atoms with E-state index in [1.54, 1.807) is 18.3 Å². The summed E-state index contributed by atoms with van der Waals surface area (Å²) in [5.41, 5.74) is 8.98. The summed E-state index contributed by atoms with van der Waals surface area (Å²) in [6.45, 7) is 0.280. The molecule has 0 atom stereocenters. The van der Waals surface area contributed by atoms with Crippen molar-refractivity contribution in [2.24, 2.45) is 0 Å². The molecule has 7 heteroatoms. The second-order valence-electron chi connectivity index (χ2n) is 6.23. The third-order valence-electron chi connectivity index (χ3n) is 4.11. The van der Waals surface area contributed by atoms with Gasteiger partial charge in [-0.15, -0.1) is 0 Å². The molecule has 0 fully saturated rings. The first-order valence-corrected chi connectivity index (χ1v) is 8.65. The SMILES string of the molecule is Nc1ccc(-c2cc(Cc3ccc(OCc4ccc(F)cn4)cc3)no2)cn1. The van der Waals surface area contributed by atoms with E-state index in [1.807, 2.05) is 36.4 Å². The van der Waals surface area contributed by atoms with Crippen molar-refractivity contribution in [2.75, 3.05) is 5.73 Å². The fraction of sp³-hybridized carbons (Fsp3) is 0.0952. The number of aromatic nitrogens is 3. The first kappa shape index (κ1) is 17.7. The van der Waals surface area contributed by atoms with Gasteiger partial charge in [-0.1, -0.05) is 17.3 Å². The minimum atomic E-state index is -0.364. The average Bonchev–Trinajstić information content (AvgIpc) is 3.18. The molecule has 4 rings (SSSR count). The van der Waals surface area contributed by atoms with E-state index in [0.29, 0.717) is 29.4 Å². The van der Waals surface area contributed by atoms with E-state index < -0.39 is 0 Å². The van der Waals surface area contributed by atoms with Crippen LogP contribution in [-0.2, 0) is 13.0 Å². The average molecular weight is 376 g/mol. The topological polar surface area (TPSA) is 87.1 Å². The quantitative estimate of drug-likeness (QED) is 0.547. The van der Waals surface area contributed by atoms with Crippen LogP contribution in [0.25, 0.3) is 11.3 Å². The lowest BCUT2D eigenvalue weighted by Crippen LogP contribution is -1.98. The zero-order chi connectivity index (χ0) is 19.3. The van der Waals surface area contributed by atoms with E-state index in [0.717, 1.165) is 16.8 Å². The normalized spacial score (nSPS) is 10.8. The fourth-order valence-corrected chi connectivity index (χ4v) is 2.64. The van der Waals surface area contributed by atoms with E-state index >= 15 is 0 Å². The Bertz CT molecular complexity index is 1050. The summed E-state index contributed by atoms with van der Waals surface area (Å²) >= 11 is 0. The second kappa shape index (κ2) is 7.87. The number of hydrogen-bond donors (Lipinski definition) is 1. The summed E-state index contributed by atoms with van der Waals surface area (Å²) in [6.07, 6.45) is 3.46. The monoisotopic (exact) mass is 376 g/mol. The van der Waals surface area contributed by atoms with Gasteiger partial charge in [0.25, 0.3) is 0 Å². The van der Waals surface area contributed by atoms with Crippen LogP contribution < -0.4 is 10.5 Å². The number of hydrogen-bond acceptors (Lipinski definition) is 6. The Kier molecular flexibility index (Phi) is 4.97. The van der Waals surface area contributed by atoms with Crippen LogP contribution in [0.2, 0.25) is 0 Å². The maximum Gasteiger partial charge on any atom is 0.168 e. The van der Waals surface area contributed by atoms with Crippen molar-refractivity contribution in [3.8, 4) is 17.1 Å². The summed E-state index contributed by atoms with van der Waals surface area (Å²) in [6, 6.07) is 16.1. The highest BCUT2D eigenvalue weighted by molar-refractivity contribution is 5.57. The summed E-state index contributed by atoms with van der Waals surface area (Å²) in [5, 5.41) is 4.11. The number of benzene rings is 1. The summed E-state index contributed by atoms with van der Waals surface area (Å²) in [5.74, 6) is 1.45. The van der Waals surface area contributed by atoms with Crippen LogP contribution in [0.1, 0.15) is 17.0 Å². The van der Waals surface area contributed by atoms with Gasteiger partial charge >= 0.3 is 0 Å². The summed E-state index contributed by atoms with van der Waals surface area (Å²) in [4.78, 5) is 8.02. The molecule has 28 heavy (non-hydrogen) atoms. The van der Waals surface area contributed by atoms with E-state index in [9.17, 15) is 4.39 Å². The zero-order valence-electron chi connectivity index (χ0n) is 14.9. The molecule has 4 aromatic rings. The van der Waals surface area contributed by atoms with Gasteiger partial charge in [0.2, 0.25) is 0 Å². The standard InChI is InChI=1S/C21H17FN4O2/c22-16-4-5-17(24-12-16)13-27-19-6-1-14(2-7-19)9-18-10-20(28-26-18)15-3-8-21(23)25-11-15/h1-8,10-12H,9,13H2,(H2,23,25). The number of halogens is 1. The van der Waals surface area contributed by atoms with Crippen molar-refractivity contribution in [2.45, 2.75) is 13.0 Å². The third kappa shape index (κ3) is 4.32. The first-order valence-electron chi connectivity index (χ1n) is 8.65. The van der Waals surface area contributed by atoms with Crippen LogP contribution in [0.15, 0.2) is 71.5 Å². The highest BCUT2D eigenvalue weighted by Crippen LogP contribution is 2.22. The first-order chi connectivity index (χ1) is 13.7. The minimum absolute atomic E-state index is 0.280. The van der Waals surface area contributed by atoms with Crippen molar-refractivity contribution in [3.63, 3.8) is 0 Å². The molecule has 0 saturated heterocycles. The number of rotatable bonds is 6. The van der Waals surface area contributed by atoms with Gasteiger partial charge in [-0.3, -0.25) is 4.98 Å². The number of anilines is 1. The molecule has 0 amide bonds. The molecule has 140 valence electrons. The number of nitrogens with zero attached hydrogens (tertiary/aromatic N) is 3. The van der Waals surface area contributed by atoms with Crippen LogP contribution >= 0.6 is 0 Å². The largest absolute Gasteiger partial charge is 0.487 e. The van der Waals surface area contributed by atoms with Gasteiger partial charge in [0.15, 0.2) is 5.76 Å². The number of pyridine rings is 2. The van der Waals surface area contributed by atoms with Crippen LogP contribution in [0.5, 0.6) is 5.75 Å². The lowest BCUT2D eigenvalue weighted by molar-refractivity contribution is 0.301. The van der Waals surface area contributed by atoms with Crippen molar-refractivity contribution < 1.29 is 13.7 Å². The van der Waals surface area contributed by atoms with Crippen molar-refractivity contribution in [3.05, 3.63) is 89.8 Å². The van der Waals surface area contributed by atoms with E-state index in [4.69, 9.17) is 15.0 Å². The predicted molar refractivity (Wildman–Crippen MR) is 102 cm³/mol. The van der Waals surface area contributed by atoms with Gasteiger partial charge in [0.05, 0.1) is 17.6 Å². The molecule has 0 bridgehead atoms. The van der Waals surface area contributed by atoms with Gasteiger partial charge in [-0.25, -0.2) is 9.37 Å². The van der Waals surface area contributed by atoms with Gasteiger partial charge in [0.1, 0.15) is 24.0 Å². The van der Waals surface area contributed by atoms with Gasteiger partial charge in [-0.05, 0) is 42.0 Å². The Balaban J connectivity index is 1.36. The Morgan fingerprint density at radius 1 is 0.929 bits per heavy atom. The molecule has 0 aliphatic carbocycles. The predicted octanol–water partition coefficient (Wildman–Crippen LogP) is 4.02. The van der Waals surface area contributed by atoms with Crippen molar-refractivity contribution in [1.29, 1.82) is 0 Å². The summed E-state index contributed by atoms with van der Waals surface area (Å²) < 4.78 is 23.9. The molecule has 0 unspecified atom stereocenters. The Morgan fingerprint density at radius 2 is 1.79 bits per heavy atom. The zero-order valence-corrected chi connectivity index (χ0v) is 14.9. The Morgan fingerprint density at radius 3 is 2.50 bits per heavy atom. The number of nitrogens with two attached hydrogens (primary N) is 1. The molecule has 1 aromatic carbocycles. The Labute approximate surface area is 160 Å². The molecular formula is C21H17FN4O2. The molecule has 0 saturated carbocycles. The van der Waals surface area contributed by atoms with E-state index in [1.165, 1.54) is 12.3 Å². The molecular weight excluding hydrogens is 359 g/mol. The molecule has 0 spiro atoms. The molecule has 0 radical (unpaired) electrons. The lowest BCUT2D eigenvalue weighted by Gasteiger charge is -2.06. The fourth-order valence-electron chi connectivity index (χ4n) is 2.64. The molecule has 0 aliphatic heterocycles. The lowest BCUT2D eigenvalue weighted by atomic mass is 10.1. The van der Waals surface area contributed by atoms with Gasteiger partial charge < -0.3 is 15.0 Å². The van der Waals surface area contributed by atoms with Crippen LogP contribution in [0.3, 0.4) is 0 Å². The van der Waals surface area contributed by atoms with Crippen LogP contribution in [-0.4, -0.2) is 15.1 Å². The highest BCUT2D eigenvalue weighted by atomic mass is 19.1. The molecule has 6 nitrogen and oxygen atoms in total. The third-order valence-corrected chi connectivity index (χ3v) is 4.11.